The Morgan fingerprint density at radius 2 is 2.19 bits per heavy atom. The van der Waals surface area contributed by atoms with E-state index in [1.54, 1.807) is 12.1 Å². The van der Waals surface area contributed by atoms with Crippen molar-refractivity contribution in [2.24, 2.45) is 5.10 Å². The molecule has 0 saturated carbocycles. The molecule has 2 aromatic heterocycles. The first-order chi connectivity index (χ1) is 15.6. The number of aromatic nitrogens is 5. The molecule has 3 heterocycles. The molecule has 1 amide bonds. The molecule has 4 rings (SSSR count). The van der Waals surface area contributed by atoms with E-state index in [1.165, 1.54) is 17.0 Å². The minimum Gasteiger partial charge on any atom is -0.504 e. The average Bonchev–Trinajstić information content (AvgIpc) is 3.52. The van der Waals surface area contributed by atoms with Gasteiger partial charge in [0, 0.05) is 6.54 Å². The van der Waals surface area contributed by atoms with Crippen molar-refractivity contribution in [3.8, 4) is 17.3 Å². The lowest BCUT2D eigenvalue weighted by Gasteiger charge is -2.15. The number of carbonyl (C=O) groups is 1. The summed E-state index contributed by atoms with van der Waals surface area (Å²) < 4.78 is 11.4. The SMILES string of the molecule is CCOc1cc(C=NNC(=O)c2nnn(-c3nonc3N)c2CN2CCCC2)ccc1O. The number of amides is 1. The average molecular weight is 441 g/mol. The van der Waals surface area contributed by atoms with Crippen LogP contribution in [-0.4, -0.2) is 67.1 Å². The smallest absolute Gasteiger partial charge is 0.293 e. The van der Waals surface area contributed by atoms with Gasteiger partial charge < -0.3 is 15.6 Å². The Hall–Kier alpha value is -4.00. The minimum absolute atomic E-state index is 0.0258. The number of benzene rings is 1. The number of nitrogens with zero attached hydrogens (tertiary/aromatic N) is 7. The van der Waals surface area contributed by atoms with Crippen molar-refractivity contribution >= 4 is 17.9 Å². The molecule has 0 atom stereocenters. The summed E-state index contributed by atoms with van der Waals surface area (Å²) in [6.07, 6.45) is 3.60. The van der Waals surface area contributed by atoms with Crippen molar-refractivity contribution in [2.75, 3.05) is 25.4 Å². The van der Waals surface area contributed by atoms with Gasteiger partial charge >= 0.3 is 0 Å². The highest BCUT2D eigenvalue weighted by Crippen LogP contribution is 2.26. The Kier molecular flexibility index (Phi) is 6.26. The summed E-state index contributed by atoms with van der Waals surface area (Å²) >= 11 is 0. The van der Waals surface area contributed by atoms with Gasteiger partial charge in [-0.25, -0.2) is 10.1 Å². The highest BCUT2D eigenvalue weighted by atomic mass is 16.6. The van der Waals surface area contributed by atoms with Gasteiger partial charge in [0.25, 0.3) is 5.91 Å². The van der Waals surface area contributed by atoms with E-state index in [-0.39, 0.29) is 23.1 Å². The molecular formula is C19H23N9O4. The lowest BCUT2D eigenvalue weighted by Crippen LogP contribution is -2.25. The number of carbonyl (C=O) groups excluding carboxylic acids is 1. The van der Waals surface area contributed by atoms with Crippen LogP contribution in [-0.2, 0) is 6.54 Å². The van der Waals surface area contributed by atoms with Gasteiger partial charge in [0.15, 0.2) is 17.2 Å². The monoisotopic (exact) mass is 441 g/mol. The maximum absolute atomic E-state index is 12.8. The summed E-state index contributed by atoms with van der Waals surface area (Å²) in [6.45, 7) is 4.46. The molecule has 0 radical (unpaired) electrons. The first-order valence-corrected chi connectivity index (χ1v) is 10.1. The Labute approximate surface area is 182 Å². The molecule has 13 nitrogen and oxygen atoms in total. The van der Waals surface area contributed by atoms with Crippen LogP contribution >= 0.6 is 0 Å². The van der Waals surface area contributed by atoms with Crippen LogP contribution in [0.5, 0.6) is 11.5 Å². The standard InChI is InChI=1S/C19H23N9O4/c1-2-31-15-9-12(5-6-14(15)29)10-21-23-19(30)16-13(11-27-7-3-4-8-27)28(26-22-16)18-17(20)24-32-25-18/h5-6,9-10,29H,2-4,7-8,11H2,1H3,(H2,20,24)(H,23,30). The highest BCUT2D eigenvalue weighted by Gasteiger charge is 2.26. The minimum atomic E-state index is -0.541. The number of hydrogen-bond donors (Lipinski definition) is 3. The zero-order chi connectivity index (χ0) is 22.5. The number of phenols is 1. The number of hydrazone groups is 1. The number of phenolic OH excluding ortho intramolecular Hbond substituents is 1. The summed E-state index contributed by atoms with van der Waals surface area (Å²) in [4.78, 5) is 15.0. The Morgan fingerprint density at radius 1 is 1.38 bits per heavy atom. The fraction of sp³-hybridized carbons (Fsp3) is 0.368. The van der Waals surface area contributed by atoms with Gasteiger partial charge in [0.1, 0.15) is 0 Å². The summed E-state index contributed by atoms with van der Waals surface area (Å²) in [5.74, 6) is 0.0255. The van der Waals surface area contributed by atoms with E-state index in [1.807, 2.05) is 6.92 Å². The van der Waals surface area contributed by atoms with Crippen LogP contribution in [0.25, 0.3) is 5.82 Å². The highest BCUT2D eigenvalue weighted by molar-refractivity contribution is 5.94. The molecule has 0 bridgehead atoms. The predicted octanol–water partition coefficient (Wildman–Crippen LogP) is 0.696. The lowest BCUT2D eigenvalue weighted by atomic mass is 10.2. The largest absolute Gasteiger partial charge is 0.504 e. The second-order valence-corrected chi connectivity index (χ2v) is 7.11. The van der Waals surface area contributed by atoms with Crippen LogP contribution in [0.1, 0.15) is 41.5 Å². The second-order valence-electron chi connectivity index (χ2n) is 7.11. The van der Waals surface area contributed by atoms with Crippen LogP contribution in [0.3, 0.4) is 0 Å². The first kappa shape index (κ1) is 21.2. The van der Waals surface area contributed by atoms with Crippen molar-refractivity contribution in [1.82, 2.24) is 35.6 Å². The molecule has 1 fully saturated rings. The molecule has 0 unspecified atom stereocenters. The number of ether oxygens (including phenoxy) is 1. The van der Waals surface area contributed by atoms with Gasteiger partial charge in [-0.3, -0.25) is 9.69 Å². The number of nitrogen functional groups attached to an aromatic ring is 1. The molecule has 1 aliphatic rings. The Balaban J connectivity index is 1.54. The topological polar surface area (TPSA) is 170 Å². The third-order valence-corrected chi connectivity index (χ3v) is 4.91. The summed E-state index contributed by atoms with van der Waals surface area (Å²) in [6, 6.07) is 4.75. The van der Waals surface area contributed by atoms with Crippen molar-refractivity contribution in [2.45, 2.75) is 26.3 Å². The van der Waals surface area contributed by atoms with Gasteiger partial charge in [-0.05, 0) is 66.9 Å². The zero-order valence-corrected chi connectivity index (χ0v) is 17.4. The number of anilines is 1. The third kappa shape index (κ3) is 4.51. The zero-order valence-electron chi connectivity index (χ0n) is 17.4. The molecule has 13 heteroatoms. The van der Waals surface area contributed by atoms with Gasteiger partial charge in [-0.2, -0.15) is 9.78 Å². The summed E-state index contributed by atoms with van der Waals surface area (Å²) in [5.41, 5.74) is 9.49. The van der Waals surface area contributed by atoms with Gasteiger partial charge in [0.2, 0.25) is 11.6 Å². The fourth-order valence-electron chi connectivity index (χ4n) is 3.38. The first-order valence-electron chi connectivity index (χ1n) is 10.1. The van der Waals surface area contributed by atoms with Crippen molar-refractivity contribution < 1.29 is 19.3 Å². The molecular weight excluding hydrogens is 418 g/mol. The molecule has 0 aliphatic carbocycles. The molecule has 3 aromatic rings. The number of nitrogens with two attached hydrogens (primary N) is 1. The van der Waals surface area contributed by atoms with Crippen LogP contribution in [0.4, 0.5) is 5.82 Å². The maximum atomic E-state index is 12.8. The maximum Gasteiger partial charge on any atom is 0.293 e. The van der Waals surface area contributed by atoms with E-state index in [0.717, 1.165) is 25.9 Å². The Morgan fingerprint density at radius 3 is 2.91 bits per heavy atom. The van der Waals surface area contributed by atoms with Crippen molar-refractivity contribution in [3.05, 3.63) is 35.2 Å². The van der Waals surface area contributed by atoms with Gasteiger partial charge in [-0.1, -0.05) is 5.21 Å². The lowest BCUT2D eigenvalue weighted by molar-refractivity contribution is 0.0948. The fourth-order valence-corrected chi connectivity index (χ4v) is 3.38. The van der Waals surface area contributed by atoms with Gasteiger partial charge in [-0.15, -0.1) is 5.10 Å². The quantitative estimate of drug-likeness (QED) is 0.334. The summed E-state index contributed by atoms with van der Waals surface area (Å²) in [7, 11) is 0. The molecule has 0 spiro atoms. The van der Waals surface area contributed by atoms with Gasteiger partial charge in [0.05, 0.1) is 18.5 Å². The second kappa shape index (κ2) is 9.43. The van der Waals surface area contributed by atoms with E-state index >= 15 is 0 Å². The number of nitrogens with one attached hydrogen (secondary N) is 1. The van der Waals surface area contributed by atoms with E-state index in [0.29, 0.717) is 30.2 Å². The predicted molar refractivity (Wildman–Crippen MR) is 112 cm³/mol. The molecule has 168 valence electrons. The summed E-state index contributed by atoms with van der Waals surface area (Å²) in [5, 5.41) is 29.2. The normalized spacial score (nSPS) is 14.3. The van der Waals surface area contributed by atoms with E-state index in [2.05, 4.69) is 40.7 Å². The number of hydrogen-bond acceptors (Lipinski definition) is 11. The third-order valence-electron chi connectivity index (χ3n) is 4.91. The van der Waals surface area contributed by atoms with E-state index < -0.39 is 5.91 Å². The molecule has 4 N–H and O–H groups in total. The number of aromatic hydroxyl groups is 1. The van der Waals surface area contributed by atoms with Crippen LogP contribution in [0.2, 0.25) is 0 Å². The van der Waals surface area contributed by atoms with E-state index in [9.17, 15) is 9.90 Å². The number of rotatable bonds is 8. The van der Waals surface area contributed by atoms with E-state index in [4.69, 9.17) is 10.5 Å². The number of likely N-dealkylation sites (tertiary alicyclic amines) is 1. The van der Waals surface area contributed by atoms with Crippen molar-refractivity contribution in [3.63, 3.8) is 0 Å². The molecule has 1 saturated heterocycles. The van der Waals surface area contributed by atoms with Crippen LogP contribution in [0.15, 0.2) is 27.9 Å². The van der Waals surface area contributed by atoms with Crippen molar-refractivity contribution in [1.29, 1.82) is 0 Å². The van der Waals surface area contributed by atoms with Crippen LogP contribution < -0.4 is 15.9 Å². The van der Waals surface area contributed by atoms with Crippen LogP contribution in [0, 0.1) is 0 Å². The molecule has 32 heavy (non-hydrogen) atoms. The Bertz CT molecular complexity index is 1120. The molecule has 1 aliphatic heterocycles. The molecule has 1 aromatic carbocycles.